The predicted octanol–water partition coefficient (Wildman–Crippen LogP) is 3.16. The molecule has 23 heavy (non-hydrogen) atoms. The SMILES string of the molecule is C=C(C)C(=O)OC1CCC(OC(=O)c2cc(C)cc(N)c2)CC1. The van der Waals surface area contributed by atoms with Crippen molar-refractivity contribution in [1.82, 2.24) is 0 Å². The number of carbonyl (C=O) groups excluding carboxylic acids is 2. The Labute approximate surface area is 136 Å². The van der Waals surface area contributed by atoms with Gasteiger partial charge in [0.05, 0.1) is 5.56 Å². The van der Waals surface area contributed by atoms with Crippen molar-refractivity contribution < 1.29 is 19.1 Å². The first-order chi connectivity index (χ1) is 10.8. The molecule has 5 heteroatoms. The van der Waals surface area contributed by atoms with Crippen molar-refractivity contribution in [2.45, 2.75) is 51.7 Å². The molecule has 2 rings (SSSR count). The highest BCUT2D eigenvalue weighted by atomic mass is 16.6. The molecule has 1 aromatic rings. The van der Waals surface area contributed by atoms with E-state index in [-0.39, 0.29) is 24.1 Å². The summed E-state index contributed by atoms with van der Waals surface area (Å²) in [5, 5.41) is 0. The first kappa shape index (κ1) is 17.1. The number of rotatable bonds is 4. The van der Waals surface area contributed by atoms with E-state index in [1.54, 1.807) is 25.1 Å². The van der Waals surface area contributed by atoms with E-state index in [1.165, 1.54) is 0 Å². The molecule has 0 spiro atoms. The van der Waals surface area contributed by atoms with Crippen molar-refractivity contribution in [2.24, 2.45) is 0 Å². The average Bonchev–Trinajstić information content (AvgIpc) is 2.48. The Bertz CT molecular complexity index is 595. The second-order valence-electron chi connectivity index (χ2n) is 6.12. The quantitative estimate of drug-likeness (QED) is 0.524. The third kappa shape index (κ3) is 4.84. The van der Waals surface area contributed by atoms with Crippen LogP contribution in [0, 0.1) is 6.92 Å². The van der Waals surface area contributed by atoms with E-state index in [0.717, 1.165) is 5.56 Å². The van der Waals surface area contributed by atoms with Gasteiger partial charge in [0.15, 0.2) is 0 Å². The summed E-state index contributed by atoms with van der Waals surface area (Å²) >= 11 is 0. The van der Waals surface area contributed by atoms with Crippen LogP contribution in [0.15, 0.2) is 30.4 Å². The molecular weight excluding hydrogens is 294 g/mol. The van der Waals surface area contributed by atoms with Gasteiger partial charge < -0.3 is 15.2 Å². The van der Waals surface area contributed by atoms with Crippen LogP contribution in [0.5, 0.6) is 0 Å². The number of nitrogen functional groups attached to an aromatic ring is 1. The van der Waals surface area contributed by atoms with Crippen molar-refractivity contribution >= 4 is 17.6 Å². The molecule has 0 atom stereocenters. The Morgan fingerprint density at radius 2 is 1.65 bits per heavy atom. The van der Waals surface area contributed by atoms with Crippen molar-refractivity contribution in [3.63, 3.8) is 0 Å². The lowest BCUT2D eigenvalue weighted by atomic mass is 9.95. The lowest BCUT2D eigenvalue weighted by molar-refractivity contribution is -0.146. The summed E-state index contributed by atoms with van der Waals surface area (Å²) in [5.74, 6) is -0.719. The van der Waals surface area contributed by atoms with Crippen LogP contribution in [0.1, 0.15) is 48.5 Å². The van der Waals surface area contributed by atoms with E-state index in [4.69, 9.17) is 15.2 Å². The van der Waals surface area contributed by atoms with Crippen LogP contribution in [0.25, 0.3) is 0 Å². The molecule has 1 saturated carbocycles. The molecule has 1 fully saturated rings. The normalized spacial score (nSPS) is 20.6. The molecule has 0 saturated heterocycles. The van der Waals surface area contributed by atoms with E-state index in [1.807, 2.05) is 6.92 Å². The Morgan fingerprint density at radius 1 is 1.09 bits per heavy atom. The average molecular weight is 317 g/mol. The monoisotopic (exact) mass is 317 g/mol. The maximum atomic E-state index is 12.2. The van der Waals surface area contributed by atoms with Gasteiger partial charge in [0.1, 0.15) is 12.2 Å². The number of hydrogen-bond acceptors (Lipinski definition) is 5. The fourth-order valence-corrected chi connectivity index (χ4v) is 2.67. The van der Waals surface area contributed by atoms with Crippen LogP contribution in [-0.4, -0.2) is 24.1 Å². The molecule has 0 radical (unpaired) electrons. The minimum Gasteiger partial charge on any atom is -0.459 e. The van der Waals surface area contributed by atoms with Crippen LogP contribution < -0.4 is 5.73 Å². The fraction of sp³-hybridized carbons (Fsp3) is 0.444. The maximum Gasteiger partial charge on any atom is 0.338 e. The van der Waals surface area contributed by atoms with E-state index in [9.17, 15) is 9.59 Å². The van der Waals surface area contributed by atoms with Crippen LogP contribution in [0.2, 0.25) is 0 Å². The molecule has 0 amide bonds. The Kier molecular flexibility index (Phi) is 5.42. The third-order valence-electron chi connectivity index (χ3n) is 3.85. The first-order valence-corrected chi connectivity index (χ1v) is 7.80. The molecule has 1 aromatic carbocycles. The summed E-state index contributed by atoms with van der Waals surface area (Å²) in [6.07, 6.45) is 2.47. The Morgan fingerprint density at radius 3 is 2.17 bits per heavy atom. The number of aryl methyl sites for hydroxylation is 1. The molecule has 2 N–H and O–H groups in total. The van der Waals surface area contributed by atoms with Gasteiger partial charge in [0.2, 0.25) is 0 Å². The molecule has 124 valence electrons. The summed E-state index contributed by atoms with van der Waals surface area (Å²) < 4.78 is 10.9. The second-order valence-corrected chi connectivity index (χ2v) is 6.12. The zero-order valence-corrected chi connectivity index (χ0v) is 13.6. The van der Waals surface area contributed by atoms with Crippen LogP contribution in [0.4, 0.5) is 5.69 Å². The number of carbonyl (C=O) groups is 2. The topological polar surface area (TPSA) is 78.6 Å². The van der Waals surface area contributed by atoms with Gasteiger partial charge >= 0.3 is 11.9 Å². The standard InChI is InChI=1S/C18H23NO4/c1-11(2)17(20)22-15-4-6-16(7-5-15)23-18(21)13-8-12(3)9-14(19)10-13/h8-10,15-16H,1,4-7,19H2,2-3H3. The minimum absolute atomic E-state index is 0.122. The van der Waals surface area contributed by atoms with Crippen LogP contribution in [-0.2, 0) is 14.3 Å². The van der Waals surface area contributed by atoms with Crippen molar-refractivity contribution in [1.29, 1.82) is 0 Å². The minimum atomic E-state index is -0.360. The molecule has 0 unspecified atom stereocenters. The number of hydrogen-bond donors (Lipinski definition) is 1. The molecule has 5 nitrogen and oxygen atoms in total. The predicted molar refractivity (Wildman–Crippen MR) is 88.0 cm³/mol. The molecule has 0 aliphatic heterocycles. The second kappa shape index (κ2) is 7.31. The lowest BCUT2D eigenvalue weighted by Gasteiger charge is -2.28. The molecule has 0 heterocycles. The molecule has 0 bridgehead atoms. The van der Waals surface area contributed by atoms with E-state index in [0.29, 0.717) is 42.5 Å². The van der Waals surface area contributed by atoms with Gasteiger partial charge in [-0.2, -0.15) is 0 Å². The fourth-order valence-electron chi connectivity index (χ4n) is 2.67. The van der Waals surface area contributed by atoms with Gasteiger partial charge in [-0.05, 0) is 63.3 Å². The number of nitrogens with two attached hydrogens (primary N) is 1. The van der Waals surface area contributed by atoms with Gasteiger partial charge in [0, 0.05) is 11.3 Å². The number of anilines is 1. The highest BCUT2D eigenvalue weighted by Crippen LogP contribution is 2.25. The van der Waals surface area contributed by atoms with Crippen molar-refractivity contribution in [2.75, 3.05) is 5.73 Å². The van der Waals surface area contributed by atoms with Gasteiger partial charge in [0.25, 0.3) is 0 Å². The Balaban J connectivity index is 1.85. The van der Waals surface area contributed by atoms with Gasteiger partial charge in [-0.15, -0.1) is 0 Å². The van der Waals surface area contributed by atoms with Crippen LogP contribution in [0.3, 0.4) is 0 Å². The summed E-state index contributed by atoms with van der Waals surface area (Å²) in [7, 11) is 0. The van der Waals surface area contributed by atoms with Crippen molar-refractivity contribution in [3.05, 3.63) is 41.5 Å². The molecule has 0 aromatic heterocycles. The maximum absolute atomic E-state index is 12.2. The summed E-state index contributed by atoms with van der Waals surface area (Å²) in [4.78, 5) is 23.7. The zero-order valence-electron chi connectivity index (χ0n) is 13.6. The summed E-state index contributed by atoms with van der Waals surface area (Å²) in [6, 6.07) is 5.19. The summed E-state index contributed by atoms with van der Waals surface area (Å²) in [5.41, 5.74) is 8.10. The number of esters is 2. The summed E-state index contributed by atoms with van der Waals surface area (Å²) in [6.45, 7) is 7.08. The zero-order chi connectivity index (χ0) is 17.0. The third-order valence-corrected chi connectivity index (χ3v) is 3.85. The number of ether oxygens (including phenoxy) is 2. The van der Waals surface area contributed by atoms with E-state index < -0.39 is 0 Å². The lowest BCUT2D eigenvalue weighted by Crippen LogP contribution is -2.30. The Hall–Kier alpha value is -2.30. The first-order valence-electron chi connectivity index (χ1n) is 7.80. The van der Waals surface area contributed by atoms with Crippen LogP contribution >= 0.6 is 0 Å². The highest BCUT2D eigenvalue weighted by Gasteiger charge is 2.26. The van der Waals surface area contributed by atoms with Crippen molar-refractivity contribution in [3.8, 4) is 0 Å². The number of benzene rings is 1. The molecule has 1 aliphatic carbocycles. The molecular formula is C18H23NO4. The van der Waals surface area contributed by atoms with E-state index in [2.05, 4.69) is 6.58 Å². The van der Waals surface area contributed by atoms with Gasteiger partial charge in [-0.1, -0.05) is 6.58 Å². The highest BCUT2D eigenvalue weighted by molar-refractivity contribution is 5.90. The van der Waals surface area contributed by atoms with Gasteiger partial charge in [-0.3, -0.25) is 0 Å². The van der Waals surface area contributed by atoms with E-state index >= 15 is 0 Å². The van der Waals surface area contributed by atoms with Gasteiger partial charge in [-0.25, -0.2) is 9.59 Å². The largest absolute Gasteiger partial charge is 0.459 e. The smallest absolute Gasteiger partial charge is 0.338 e. The molecule has 1 aliphatic rings.